The Balaban J connectivity index is 0. The molecule has 1 fully saturated rings. The molecule has 1 saturated heterocycles. The molecule has 0 aromatic carbocycles. The number of likely N-dealkylation sites (tertiary alicyclic amines) is 1. The first-order valence-corrected chi connectivity index (χ1v) is 7.10. The molecule has 20 heavy (non-hydrogen) atoms. The van der Waals surface area contributed by atoms with Crippen LogP contribution in [0.2, 0.25) is 0 Å². The number of nitrogens with zero attached hydrogens (tertiary/aromatic N) is 2. The number of hydrogen-bond acceptors (Lipinski definition) is 1. The maximum atomic E-state index is 2.55. The van der Waals surface area contributed by atoms with Crippen LogP contribution in [0.15, 0.2) is 24.5 Å². The predicted octanol–water partition coefficient (Wildman–Crippen LogP) is 5.40. The average molecular weight is 283 g/mol. The van der Waals surface area contributed by atoms with Crippen molar-refractivity contribution in [2.75, 3.05) is 13.1 Å². The Hall–Kier alpha value is -0.760. The van der Waals surface area contributed by atoms with E-state index >= 15 is 0 Å². The maximum Gasteiger partial charge on any atom is 0.0355 e. The second kappa shape index (κ2) is 8.51. The summed E-state index contributed by atoms with van der Waals surface area (Å²) in [5.41, 5.74) is 0.653. The molecule has 1 aliphatic rings. The standard InChI is InChI=1S/C8H17N.C8H13N.2CH4/c2*1-8(2,3)9-6-4-5-7-9;;/h4-7H2,1-3H3;4-7H,1-3H3;2*1H4. The minimum absolute atomic E-state index is 0. The van der Waals surface area contributed by atoms with Crippen molar-refractivity contribution in [2.45, 2.75) is 80.3 Å². The van der Waals surface area contributed by atoms with Gasteiger partial charge in [-0.3, -0.25) is 4.90 Å². The normalized spacial score (nSPS) is 15.7. The van der Waals surface area contributed by atoms with Gasteiger partial charge in [0, 0.05) is 23.5 Å². The van der Waals surface area contributed by atoms with Crippen molar-refractivity contribution in [1.82, 2.24) is 9.47 Å². The molecule has 0 N–H and O–H groups in total. The lowest BCUT2D eigenvalue weighted by atomic mass is 10.1. The third-order valence-electron chi connectivity index (χ3n) is 3.43. The summed E-state index contributed by atoms with van der Waals surface area (Å²) >= 11 is 0. The first kappa shape index (κ1) is 21.5. The van der Waals surface area contributed by atoms with Gasteiger partial charge in [0.2, 0.25) is 0 Å². The fraction of sp³-hybridized carbons (Fsp3) is 0.778. The van der Waals surface area contributed by atoms with Crippen LogP contribution < -0.4 is 0 Å². The van der Waals surface area contributed by atoms with Gasteiger partial charge < -0.3 is 4.57 Å². The molecule has 0 saturated carbocycles. The highest BCUT2D eigenvalue weighted by molar-refractivity contribution is 4.94. The van der Waals surface area contributed by atoms with Crippen molar-refractivity contribution in [1.29, 1.82) is 0 Å². The summed E-state index contributed by atoms with van der Waals surface area (Å²) in [5.74, 6) is 0. The molecule has 2 nitrogen and oxygen atoms in total. The number of hydrogen-bond donors (Lipinski definition) is 0. The highest BCUT2D eigenvalue weighted by atomic mass is 15.2. The van der Waals surface area contributed by atoms with E-state index in [2.05, 4.69) is 63.4 Å². The van der Waals surface area contributed by atoms with E-state index < -0.39 is 0 Å². The largest absolute Gasteiger partial charge is 0.349 e. The van der Waals surface area contributed by atoms with Gasteiger partial charge >= 0.3 is 0 Å². The molecule has 1 aliphatic heterocycles. The highest BCUT2D eigenvalue weighted by Gasteiger charge is 2.23. The van der Waals surface area contributed by atoms with Crippen molar-refractivity contribution in [3.05, 3.63) is 24.5 Å². The van der Waals surface area contributed by atoms with Gasteiger partial charge in [0.25, 0.3) is 0 Å². The van der Waals surface area contributed by atoms with Gasteiger partial charge in [0.1, 0.15) is 0 Å². The second-order valence-electron chi connectivity index (χ2n) is 7.13. The van der Waals surface area contributed by atoms with Crippen molar-refractivity contribution in [2.24, 2.45) is 0 Å². The molecule has 1 aromatic heterocycles. The van der Waals surface area contributed by atoms with E-state index in [-0.39, 0.29) is 20.4 Å². The molecule has 0 radical (unpaired) electrons. The first-order chi connectivity index (χ1) is 8.21. The number of rotatable bonds is 0. The summed E-state index contributed by atoms with van der Waals surface area (Å²) in [6, 6.07) is 4.09. The van der Waals surface area contributed by atoms with Crippen molar-refractivity contribution < 1.29 is 0 Å². The molecule has 2 rings (SSSR count). The lowest BCUT2D eigenvalue weighted by Crippen LogP contribution is -2.38. The molecule has 120 valence electrons. The highest BCUT2D eigenvalue weighted by Crippen LogP contribution is 2.19. The van der Waals surface area contributed by atoms with Crippen LogP contribution in [-0.2, 0) is 5.54 Å². The van der Waals surface area contributed by atoms with Gasteiger partial charge in [-0.05, 0) is 79.6 Å². The zero-order valence-electron chi connectivity index (χ0n) is 13.0. The molecule has 2 heterocycles. The minimum Gasteiger partial charge on any atom is -0.349 e. The van der Waals surface area contributed by atoms with Gasteiger partial charge in [-0.2, -0.15) is 0 Å². The summed E-state index contributed by atoms with van der Waals surface area (Å²) in [4.78, 5) is 2.55. The van der Waals surface area contributed by atoms with Crippen LogP contribution in [0.3, 0.4) is 0 Å². The van der Waals surface area contributed by atoms with Gasteiger partial charge in [-0.25, -0.2) is 0 Å². The van der Waals surface area contributed by atoms with E-state index in [9.17, 15) is 0 Å². The lowest BCUT2D eigenvalue weighted by Gasteiger charge is -2.31. The first-order valence-electron chi connectivity index (χ1n) is 7.10. The third kappa shape index (κ3) is 7.14. The zero-order valence-corrected chi connectivity index (χ0v) is 13.0. The van der Waals surface area contributed by atoms with Crippen LogP contribution in [0.4, 0.5) is 0 Å². The quantitative estimate of drug-likeness (QED) is 0.619. The molecule has 0 unspecified atom stereocenters. The number of aromatic nitrogens is 1. The zero-order chi connectivity index (χ0) is 13.8. The summed E-state index contributed by atoms with van der Waals surface area (Å²) in [5, 5.41) is 0. The van der Waals surface area contributed by atoms with E-state index in [1.165, 1.54) is 25.9 Å². The average Bonchev–Trinajstić information content (AvgIpc) is 2.91. The molecule has 0 amide bonds. The van der Waals surface area contributed by atoms with Crippen LogP contribution in [0.1, 0.15) is 69.2 Å². The fourth-order valence-corrected chi connectivity index (χ4v) is 2.17. The molecular formula is C18H38N2. The summed E-state index contributed by atoms with van der Waals surface area (Å²) in [6.45, 7) is 16.1. The van der Waals surface area contributed by atoms with E-state index in [1.807, 2.05) is 12.1 Å². The van der Waals surface area contributed by atoms with E-state index in [4.69, 9.17) is 0 Å². The van der Waals surface area contributed by atoms with Gasteiger partial charge in [-0.15, -0.1) is 0 Å². The third-order valence-corrected chi connectivity index (χ3v) is 3.43. The van der Waals surface area contributed by atoms with Crippen molar-refractivity contribution in [3.63, 3.8) is 0 Å². The monoisotopic (exact) mass is 282 g/mol. The fourth-order valence-electron chi connectivity index (χ4n) is 2.17. The van der Waals surface area contributed by atoms with Crippen LogP contribution >= 0.6 is 0 Å². The van der Waals surface area contributed by atoms with Crippen LogP contribution in [0, 0.1) is 0 Å². The lowest BCUT2D eigenvalue weighted by molar-refractivity contribution is 0.175. The van der Waals surface area contributed by atoms with Gasteiger partial charge in [-0.1, -0.05) is 14.9 Å². The van der Waals surface area contributed by atoms with Crippen LogP contribution in [0.5, 0.6) is 0 Å². The molecule has 0 spiro atoms. The van der Waals surface area contributed by atoms with Crippen molar-refractivity contribution >= 4 is 0 Å². The Morgan fingerprint density at radius 3 is 1.30 bits per heavy atom. The maximum absolute atomic E-state index is 2.55. The van der Waals surface area contributed by atoms with Gasteiger partial charge in [0.15, 0.2) is 0 Å². The Morgan fingerprint density at radius 1 is 0.700 bits per heavy atom. The van der Waals surface area contributed by atoms with E-state index in [0.29, 0.717) is 5.54 Å². The Morgan fingerprint density at radius 2 is 1.10 bits per heavy atom. The Labute approximate surface area is 128 Å². The minimum atomic E-state index is 0. The predicted molar refractivity (Wildman–Crippen MR) is 93.5 cm³/mol. The molecular weight excluding hydrogens is 244 g/mol. The smallest absolute Gasteiger partial charge is 0.0355 e. The van der Waals surface area contributed by atoms with Crippen LogP contribution in [0.25, 0.3) is 0 Å². The molecule has 0 aliphatic carbocycles. The van der Waals surface area contributed by atoms with E-state index in [0.717, 1.165) is 0 Å². The topological polar surface area (TPSA) is 8.17 Å². The molecule has 2 heteroatoms. The van der Waals surface area contributed by atoms with Gasteiger partial charge in [0.05, 0.1) is 0 Å². The summed E-state index contributed by atoms with van der Waals surface area (Å²) < 4.78 is 2.19. The SMILES string of the molecule is C.C.CC(C)(C)N1CCCC1.CC(C)(C)n1cccc1. The van der Waals surface area contributed by atoms with Crippen molar-refractivity contribution in [3.8, 4) is 0 Å². The summed E-state index contributed by atoms with van der Waals surface area (Å²) in [7, 11) is 0. The second-order valence-corrected chi connectivity index (χ2v) is 7.13. The van der Waals surface area contributed by atoms with E-state index in [1.54, 1.807) is 0 Å². The van der Waals surface area contributed by atoms with Crippen LogP contribution in [-0.4, -0.2) is 28.1 Å². The molecule has 0 atom stereocenters. The Kier molecular flexibility index (Phi) is 9.16. The molecule has 1 aromatic rings. The summed E-state index contributed by atoms with van der Waals surface area (Å²) in [6.07, 6.45) is 6.97. The molecule has 0 bridgehead atoms. The Bertz CT molecular complexity index is 319.